The molecule has 0 bridgehead atoms. The van der Waals surface area contributed by atoms with E-state index in [-0.39, 0.29) is 0 Å². The van der Waals surface area contributed by atoms with E-state index in [0.717, 1.165) is 22.0 Å². The fourth-order valence-corrected chi connectivity index (χ4v) is 2.31. The van der Waals surface area contributed by atoms with Crippen LogP contribution in [0.2, 0.25) is 5.15 Å². The van der Waals surface area contributed by atoms with Gasteiger partial charge < -0.3 is 0 Å². The van der Waals surface area contributed by atoms with Crippen molar-refractivity contribution in [3.05, 3.63) is 59.2 Å². The third-order valence-electron chi connectivity index (χ3n) is 3.04. The highest BCUT2D eigenvalue weighted by molar-refractivity contribution is 6.34. The average Bonchev–Trinajstić information content (AvgIpc) is 2.41. The van der Waals surface area contributed by atoms with Crippen molar-refractivity contribution in [2.24, 2.45) is 0 Å². The normalized spacial score (nSPS) is 10.8. The van der Waals surface area contributed by atoms with Gasteiger partial charge in [-0.05, 0) is 12.5 Å². The van der Waals surface area contributed by atoms with Crippen molar-refractivity contribution in [3.63, 3.8) is 0 Å². The average molecular weight is 255 g/mol. The lowest BCUT2D eigenvalue weighted by Crippen LogP contribution is -1.93. The molecule has 0 spiro atoms. The summed E-state index contributed by atoms with van der Waals surface area (Å²) in [4.78, 5) is 0. The number of rotatable bonds is 1. The van der Waals surface area contributed by atoms with Gasteiger partial charge in [0.15, 0.2) is 5.15 Å². The Labute approximate surface area is 110 Å². The summed E-state index contributed by atoms with van der Waals surface area (Å²) in [5.74, 6) is 0. The zero-order valence-corrected chi connectivity index (χ0v) is 10.6. The second-order valence-corrected chi connectivity index (χ2v) is 4.56. The zero-order valence-electron chi connectivity index (χ0n) is 9.89. The summed E-state index contributed by atoms with van der Waals surface area (Å²) >= 11 is 6.08. The van der Waals surface area contributed by atoms with Crippen molar-refractivity contribution in [2.75, 3.05) is 0 Å². The van der Waals surface area contributed by atoms with Gasteiger partial charge in [0.05, 0.1) is 0 Å². The molecule has 0 radical (unpaired) electrons. The maximum atomic E-state index is 6.08. The van der Waals surface area contributed by atoms with Gasteiger partial charge in [0.2, 0.25) is 0 Å². The van der Waals surface area contributed by atoms with Gasteiger partial charge in [-0.3, -0.25) is 0 Å². The first-order chi connectivity index (χ1) is 8.77. The van der Waals surface area contributed by atoms with E-state index < -0.39 is 0 Å². The number of nitrogens with zero attached hydrogens (tertiary/aromatic N) is 2. The van der Waals surface area contributed by atoms with Crippen molar-refractivity contribution in [1.29, 1.82) is 0 Å². The van der Waals surface area contributed by atoms with E-state index in [1.807, 2.05) is 36.4 Å². The zero-order chi connectivity index (χ0) is 12.5. The summed E-state index contributed by atoms with van der Waals surface area (Å²) in [5, 5.41) is 10.7. The van der Waals surface area contributed by atoms with Crippen LogP contribution in [0.15, 0.2) is 48.5 Å². The monoisotopic (exact) mass is 254 g/mol. The highest BCUT2D eigenvalue weighted by atomic mass is 35.5. The number of aromatic nitrogens is 2. The van der Waals surface area contributed by atoms with Crippen LogP contribution in [0.5, 0.6) is 0 Å². The molecule has 0 amide bonds. The van der Waals surface area contributed by atoms with Crippen molar-refractivity contribution in [1.82, 2.24) is 10.2 Å². The predicted molar refractivity (Wildman–Crippen MR) is 74.7 cm³/mol. The number of aryl methyl sites for hydroxylation is 1. The smallest absolute Gasteiger partial charge is 0.148 e. The molecule has 3 rings (SSSR count). The standard InChI is InChI=1S/C15H11ClN2/c1-10-6-2-3-7-11(10)14-12-8-4-5-9-13(12)15(16)18-17-14/h2-9H,1H3. The molecule has 2 nitrogen and oxygen atoms in total. The topological polar surface area (TPSA) is 25.8 Å². The second kappa shape index (κ2) is 4.39. The molecular weight excluding hydrogens is 244 g/mol. The molecule has 0 aliphatic carbocycles. The van der Waals surface area contributed by atoms with E-state index >= 15 is 0 Å². The Bertz CT molecular complexity index is 723. The first kappa shape index (κ1) is 11.2. The summed E-state index contributed by atoms with van der Waals surface area (Å²) in [6.07, 6.45) is 0. The van der Waals surface area contributed by atoms with Crippen LogP contribution in [0.3, 0.4) is 0 Å². The third kappa shape index (κ3) is 1.75. The first-order valence-electron chi connectivity index (χ1n) is 5.74. The van der Waals surface area contributed by atoms with E-state index in [1.54, 1.807) is 0 Å². The van der Waals surface area contributed by atoms with Crippen LogP contribution in [0, 0.1) is 6.92 Å². The van der Waals surface area contributed by atoms with Gasteiger partial charge in [-0.15, -0.1) is 10.2 Å². The molecule has 0 N–H and O–H groups in total. The van der Waals surface area contributed by atoms with Gasteiger partial charge in [0.25, 0.3) is 0 Å². The van der Waals surface area contributed by atoms with E-state index in [2.05, 4.69) is 29.3 Å². The van der Waals surface area contributed by atoms with Gasteiger partial charge in [-0.2, -0.15) is 0 Å². The fraction of sp³-hybridized carbons (Fsp3) is 0.0667. The molecule has 0 saturated heterocycles. The molecule has 0 aliphatic rings. The van der Waals surface area contributed by atoms with Crippen LogP contribution in [0.1, 0.15) is 5.56 Å². The maximum Gasteiger partial charge on any atom is 0.159 e. The Morgan fingerprint density at radius 2 is 1.50 bits per heavy atom. The van der Waals surface area contributed by atoms with Gasteiger partial charge in [-0.25, -0.2) is 0 Å². The third-order valence-corrected chi connectivity index (χ3v) is 3.32. The first-order valence-corrected chi connectivity index (χ1v) is 6.12. The van der Waals surface area contributed by atoms with Crippen LogP contribution in [-0.2, 0) is 0 Å². The molecule has 2 aromatic carbocycles. The van der Waals surface area contributed by atoms with E-state index in [0.29, 0.717) is 5.15 Å². The lowest BCUT2D eigenvalue weighted by atomic mass is 10.0. The maximum absolute atomic E-state index is 6.08. The minimum atomic E-state index is 0.447. The van der Waals surface area contributed by atoms with Crippen molar-refractivity contribution in [2.45, 2.75) is 6.92 Å². The van der Waals surface area contributed by atoms with Gasteiger partial charge in [0.1, 0.15) is 5.69 Å². The molecule has 0 saturated carbocycles. The van der Waals surface area contributed by atoms with Gasteiger partial charge in [-0.1, -0.05) is 60.1 Å². The Kier molecular flexibility index (Phi) is 2.73. The predicted octanol–water partition coefficient (Wildman–Crippen LogP) is 4.26. The second-order valence-electron chi connectivity index (χ2n) is 4.20. The van der Waals surface area contributed by atoms with Crippen LogP contribution in [-0.4, -0.2) is 10.2 Å². The molecule has 18 heavy (non-hydrogen) atoms. The van der Waals surface area contributed by atoms with Crippen LogP contribution in [0.4, 0.5) is 0 Å². The summed E-state index contributed by atoms with van der Waals surface area (Å²) in [7, 11) is 0. The molecule has 1 heterocycles. The van der Waals surface area contributed by atoms with Crippen molar-refractivity contribution >= 4 is 22.4 Å². The minimum absolute atomic E-state index is 0.447. The van der Waals surface area contributed by atoms with Crippen molar-refractivity contribution in [3.8, 4) is 11.3 Å². The molecule has 0 atom stereocenters. The quantitative estimate of drug-likeness (QED) is 0.648. The molecule has 0 unspecified atom stereocenters. The number of hydrogen-bond donors (Lipinski definition) is 0. The number of halogens is 1. The minimum Gasteiger partial charge on any atom is -0.148 e. The van der Waals surface area contributed by atoms with E-state index in [9.17, 15) is 0 Å². The molecule has 3 heteroatoms. The van der Waals surface area contributed by atoms with Gasteiger partial charge in [0, 0.05) is 16.3 Å². The lowest BCUT2D eigenvalue weighted by Gasteiger charge is -2.08. The molecule has 0 aliphatic heterocycles. The molecule has 88 valence electrons. The number of fused-ring (bicyclic) bond motifs is 1. The van der Waals surface area contributed by atoms with Crippen LogP contribution in [0.25, 0.3) is 22.0 Å². The Balaban J connectivity index is 2.38. The van der Waals surface area contributed by atoms with E-state index in [4.69, 9.17) is 11.6 Å². The number of hydrogen-bond acceptors (Lipinski definition) is 2. The van der Waals surface area contributed by atoms with Gasteiger partial charge >= 0.3 is 0 Å². The Morgan fingerprint density at radius 3 is 2.28 bits per heavy atom. The molecular formula is C15H11ClN2. The highest BCUT2D eigenvalue weighted by Crippen LogP contribution is 2.30. The summed E-state index contributed by atoms with van der Waals surface area (Å²) in [5.41, 5.74) is 3.16. The summed E-state index contributed by atoms with van der Waals surface area (Å²) in [6.45, 7) is 2.07. The van der Waals surface area contributed by atoms with Crippen molar-refractivity contribution < 1.29 is 0 Å². The van der Waals surface area contributed by atoms with E-state index in [1.165, 1.54) is 5.56 Å². The van der Waals surface area contributed by atoms with Crippen LogP contribution >= 0.6 is 11.6 Å². The summed E-state index contributed by atoms with van der Waals surface area (Å²) in [6, 6.07) is 16.1. The fourth-order valence-electron chi connectivity index (χ4n) is 2.11. The SMILES string of the molecule is Cc1ccccc1-c1nnc(Cl)c2ccccc12. The van der Waals surface area contributed by atoms with Crippen LogP contribution < -0.4 is 0 Å². The Hall–Kier alpha value is -1.93. The molecule has 1 aromatic heterocycles. The number of benzene rings is 2. The lowest BCUT2D eigenvalue weighted by molar-refractivity contribution is 1.05. The molecule has 0 fully saturated rings. The highest BCUT2D eigenvalue weighted by Gasteiger charge is 2.10. The summed E-state index contributed by atoms with van der Waals surface area (Å²) < 4.78 is 0. The molecule has 3 aromatic rings. The largest absolute Gasteiger partial charge is 0.159 e. The Morgan fingerprint density at radius 1 is 0.833 bits per heavy atom.